The molecule has 0 saturated carbocycles. The van der Waals surface area contributed by atoms with Gasteiger partial charge in [-0.2, -0.15) is 0 Å². The molecule has 1 amide bonds. The van der Waals surface area contributed by atoms with Crippen molar-refractivity contribution >= 4 is 21.6 Å². The molecule has 0 aliphatic carbocycles. The average Bonchev–Trinajstić information content (AvgIpc) is 2.52. The Kier molecular flexibility index (Phi) is 5.08. The first kappa shape index (κ1) is 17.7. The summed E-state index contributed by atoms with van der Waals surface area (Å²) in [4.78, 5) is 11.4. The summed E-state index contributed by atoms with van der Waals surface area (Å²) in [6.07, 6.45) is 1.04. The Morgan fingerprint density at radius 2 is 1.83 bits per heavy atom. The second kappa shape index (κ2) is 6.88. The van der Waals surface area contributed by atoms with Crippen LogP contribution in [-0.4, -0.2) is 27.7 Å². The van der Waals surface area contributed by atoms with Gasteiger partial charge < -0.3 is 10.5 Å². The number of primary amides is 1. The SMILES string of the molecule is COc1ccc(C(N)=O)cc1CN(c1ccc(F)cc1)S(C)(=O)=O. The summed E-state index contributed by atoms with van der Waals surface area (Å²) < 4.78 is 43.7. The molecule has 0 radical (unpaired) electrons. The summed E-state index contributed by atoms with van der Waals surface area (Å²) in [5, 5.41) is 0. The molecular formula is C16H17FN2O4S. The molecule has 2 aromatic rings. The topological polar surface area (TPSA) is 89.7 Å². The van der Waals surface area contributed by atoms with E-state index in [9.17, 15) is 17.6 Å². The van der Waals surface area contributed by atoms with Crippen molar-refractivity contribution in [3.63, 3.8) is 0 Å². The first-order valence-corrected chi connectivity index (χ1v) is 8.77. The molecule has 2 N–H and O–H groups in total. The molecule has 0 spiro atoms. The van der Waals surface area contributed by atoms with Gasteiger partial charge in [-0.1, -0.05) is 0 Å². The van der Waals surface area contributed by atoms with Crippen molar-refractivity contribution in [3.8, 4) is 5.75 Å². The van der Waals surface area contributed by atoms with E-state index in [0.29, 0.717) is 17.0 Å². The molecule has 0 fully saturated rings. The lowest BCUT2D eigenvalue weighted by molar-refractivity contribution is 0.1000. The van der Waals surface area contributed by atoms with Crippen LogP contribution in [0.1, 0.15) is 15.9 Å². The van der Waals surface area contributed by atoms with Crippen molar-refractivity contribution in [1.82, 2.24) is 0 Å². The second-order valence-electron chi connectivity index (χ2n) is 5.14. The van der Waals surface area contributed by atoms with E-state index < -0.39 is 21.7 Å². The predicted molar refractivity (Wildman–Crippen MR) is 88.9 cm³/mol. The number of sulfonamides is 1. The lowest BCUT2D eigenvalue weighted by Crippen LogP contribution is -2.29. The number of hydrogen-bond acceptors (Lipinski definition) is 4. The summed E-state index contributed by atoms with van der Waals surface area (Å²) in [7, 11) is -2.21. The molecule has 0 unspecified atom stereocenters. The van der Waals surface area contributed by atoms with E-state index in [0.717, 1.165) is 10.6 Å². The van der Waals surface area contributed by atoms with E-state index in [2.05, 4.69) is 0 Å². The number of methoxy groups -OCH3 is 1. The highest BCUT2D eigenvalue weighted by atomic mass is 32.2. The first-order chi connectivity index (χ1) is 11.2. The lowest BCUT2D eigenvalue weighted by atomic mass is 10.1. The van der Waals surface area contributed by atoms with Crippen molar-refractivity contribution in [2.24, 2.45) is 5.73 Å². The molecule has 2 rings (SSSR count). The van der Waals surface area contributed by atoms with E-state index in [1.54, 1.807) is 6.07 Å². The van der Waals surface area contributed by atoms with Crippen molar-refractivity contribution in [2.75, 3.05) is 17.7 Å². The molecular weight excluding hydrogens is 335 g/mol. The Morgan fingerprint density at radius 1 is 1.21 bits per heavy atom. The standard InChI is InChI=1S/C16H17FN2O4S/c1-23-15-8-3-11(16(18)20)9-12(15)10-19(24(2,21)22)14-6-4-13(17)5-7-14/h3-9H,10H2,1-2H3,(H2,18,20). The maximum absolute atomic E-state index is 13.1. The average molecular weight is 352 g/mol. The van der Waals surface area contributed by atoms with Crippen LogP contribution in [0.4, 0.5) is 10.1 Å². The Hall–Kier alpha value is -2.61. The van der Waals surface area contributed by atoms with E-state index in [-0.39, 0.29) is 12.1 Å². The van der Waals surface area contributed by atoms with Gasteiger partial charge in [0, 0.05) is 11.1 Å². The zero-order valence-corrected chi connectivity index (χ0v) is 14.0. The van der Waals surface area contributed by atoms with Crippen molar-refractivity contribution in [2.45, 2.75) is 6.54 Å². The van der Waals surface area contributed by atoms with Crippen LogP contribution in [0.15, 0.2) is 42.5 Å². The van der Waals surface area contributed by atoms with E-state index in [1.807, 2.05) is 0 Å². The third-order valence-corrected chi connectivity index (χ3v) is 4.53. The van der Waals surface area contributed by atoms with Gasteiger partial charge in [0.15, 0.2) is 0 Å². The molecule has 0 aliphatic rings. The van der Waals surface area contributed by atoms with Gasteiger partial charge >= 0.3 is 0 Å². The summed E-state index contributed by atoms with van der Waals surface area (Å²) in [5.74, 6) is -0.692. The lowest BCUT2D eigenvalue weighted by Gasteiger charge is -2.23. The molecule has 0 aromatic heterocycles. The van der Waals surface area contributed by atoms with E-state index in [1.165, 1.54) is 43.5 Å². The summed E-state index contributed by atoms with van der Waals surface area (Å²) in [6, 6.07) is 9.58. The quantitative estimate of drug-likeness (QED) is 0.860. The monoisotopic (exact) mass is 352 g/mol. The summed E-state index contributed by atoms with van der Waals surface area (Å²) >= 11 is 0. The number of anilines is 1. The largest absolute Gasteiger partial charge is 0.496 e. The van der Waals surface area contributed by atoms with Gasteiger partial charge in [0.2, 0.25) is 15.9 Å². The Morgan fingerprint density at radius 3 is 2.33 bits per heavy atom. The first-order valence-electron chi connectivity index (χ1n) is 6.92. The second-order valence-corrected chi connectivity index (χ2v) is 7.04. The number of hydrogen-bond donors (Lipinski definition) is 1. The van der Waals surface area contributed by atoms with Gasteiger partial charge in [-0.05, 0) is 42.5 Å². The van der Waals surface area contributed by atoms with Crippen LogP contribution < -0.4 is 14.8 Å². The highest BCUT2D eigenvalue weighted by Crippen LogP contribution is 2.26. The number of nitrogens with zero attached hydrogens (tertiary/aromatic N) is 1. The molecule has 0 aliphatic heterocycles. The maximum Gasteiger partial charge on any atom is 0.248 e. The van der Waals surface area contributed by atoms with Gasteiger partial charge in [0.25, 0.3) is 0 Å². The number of amides is 1. The zero-order valence-electron chi connectivity index (χ0n) is 13.2. The number of carbonyl (C=O) groups excluding carboxylic acids is 1. The predicted octanol–water partition coefficient (Wildman–Crippen LogP) is 1.90. The van der Waals surface area contributed by atoms with Crippen LogP contribution in [0.5, 0.6) is 5.75 Å². The van der Waals surface area contributed by atoms with Crippen LogP contribution in [-0.2, 0) is 16.6 Å². The number of carbonyl (C=O) groups is 1. The smallest absolute Gasteiger partial charge is 0.248 e. The Bertz CT molecular complexity index is 851. The number of benzene rings is 2. The fraction of sp³-hybridized carbons (Fsp3) is 0.188. The molecule has 0 heterocycles. The van der Waals surface area contributed by atoms with Crippen LogP contribution in [0, 0.1) is 5.82 Å². The van der Waals surface area contributed by atoms with Crippen LogP contribution in [0.3, 0.4) is 0 Å². The molecule has 2 aromatic carbocycles. The van der Waals surface area contributed by atoms with Gasteiger partial charge in [-0.25, -0.2) is 12.8 Å². The number of halogens is 1. The molecule has 0 saturated heterocycles. The third kappa shape index (κ3) is 4.02. The molecule has 24 heavy (non-hydrogen) atoms. The van der Waals surface area contributed by atoms with Crippen molar-refractivity contribution < 1.29 is 22.3 Å². The van der Waals surface area contributed by atoms with Crippen LogP contribution in [0.2, 0.25) is 0 Å². The number of nitrogens with two attached hydrogens (primary N) is 1. The minimum absolute atomic E-state index is 0.0885. The van der Waals surface area contributed by atoms with Gasteiger partial charge in [0.1, 0.15) is 11.6 Å². The zero-order chi connectivity index (χ0) is 17.9. The molecule has 128 valence electrons. The van der Waals surface area contributed by atoms with E-state index in [4.69, 9.17) is 10.5 Å². The highest BCUT2D eigenvalue weighted by molar-refractivity contribution is 7.92. The normalized spacial score (nSPS) is 11.1. The van der Waals surface area contributed by atoms with E-state index >= 15 is 0 Å². The van der Waals surface area contributed by atoms with Crippen LogP contribution >= 0.6 is 0 Å². The van der Waals surface area contributed by atoms with Gasteiger partial charge in [-0.15, -0.1) is 0 Å². The molecule has 8 heteroatoms. The van der Waals surface area contributed by atoms with Crippen LogP contribution in [0.25, 0.3) is 0 Å². The Balaban J connectivity index is 2.49. The third-order valence-electron chi connectivity index (χ3n) is 3.39. The number of ether oxygens (including phenoxy) is 1. The van der Waals surface area contributed by atoms with Crippen molar-refractivity contribution in [1.29, 1.82) is 0 Å². The van der Waals surface area contributed by atoms with Crippen molar-refractivity contribution in [3.05, 3.63) is 59.4 Å². The summed E-state index contributed by atoms with van der Waals surface area (Å²) in [5.41, 5.74) is 6.26. The maximum atomic E-state index is 13.1. The van der Waals surface area contributed by atoms with Gasteiger partial charge in [0.05, 0.1) is 25.6 Å². The fourth-order valence-electron chi connectivity index (χ4n) is 2.22. The molecule has 0 bridgehead atoms. The highest BCUT2D eigenvalue weighted by Gasteiger charge is 2.20. The van der Waals surface area contributed by atoms with Gasteiger partial charge in [-0.3, -0.25) is 9.10 Å². The molecule has 6 nitrogen and oxygen atoms in total. The minimum atomic E-state index is -3.65. The fourth-order valence-corrected chi connectivity index (χ4v) is 3.10. The summed E-state index contributed by atoms with van der Waals surface area (Å²) in [6.45, 7) is -0.0885. The Labute approximate surface area is 139 Å². The number of rotatable bonds is 6. The molecule has 0 atom stereocenters. The minimum Gasteiger partial charge on any atom is -0.496 e.